The smallest absolute Gasteiger partial charge is 0.248 e. The number of aliphatic hydroxyl groups is 1. The molecule has 3 fully saturated rings. The number of amides is 3. The lowest BCUT2D eigenvalue weighted by Crippen LogP contribution is -2.56. The highest BCUT2D eigenvalue weighted by Gasteiger charge is 2.74. The number of carbonyl (C=O) groups is 3. The van der Waals surface area contributed by atoms with Gasteiger partial charge in [-0.15, -0.1) is 13.2 Å². The number of aliphatic hydroxyl groups excluding tert-OH is 1. The van der Waals surface area contributed by atoms with Crippen LogP contribution in [-0.4, -0.2) is 95.1 Å². The molecule has 35 heavy (non-hydrogen) atoms. The van der Waals surface area contributed by atoms with E-state index in [1.54, 1.807) is 33.9 Å². The first-order valence-electron chi connectivity index (χ1n) is 13.2. The zero-order chi connectivity index (χ0) is 25.6. The molecular formula is C27H43N3O5. The number of rotatable bonds is 15. The van der Waals surface area contributed by atoms with E-state index in [0.29, 0.717) is 51.9 Å². The Bertz CT molecular complexity index is 802. The van der Waals surface area contributed by atoms with Crippen LogP contribution in [0.5, 0.6) is 0 Å². The lowest BCUT2D eigenvalue weighted by atomic mass is 9.70. The number of nitrogens with zero attached hydrogens (tertiary/aromatic N) is 3. The maximum atomic E-state index is 14.1. The molecule has 1 spiro atoms. The Morgan fingerprint density at radius 3 is 2.54 bits per heavy atom. The Morgan fingerprint density at radius 1 is 1.14 bits per heavy atom. The van der Waals surface area contributed by atoms with E-state index in [1.165, 1.54) is 0 Å². The zero-order valence-corrected chi connectivity index (χ0v) is 21.5. The molecule has 0 saturated carbocycles. The molecule has 3 heterocycles. The van der Waals surface area contributed by atoms with Crippen LogP contribution in [-0.2, 0) is 19.1 Å². The summed E-state index contributed by atoms with van der Waals surface area (Å²) in [7, 11) is 1.72. The first kappa shape index (κ1) is 27.4. The minimum absolute atomic E-state index is 0.102. The predicted octanol–water partition coefficient (Wildman–Crippen LogP) is 2.37. The average molecular weight is 490 g/mol. The Kier molecular flexibility index (Phi) is 9.53. The van der Waals surface area contributed by atoms with Crippen LogP contribution in [0, 0.1) is 11.8 Å². The van der Waals surface area contributed by atoms with Gasteiger partial charge in [-0.25, -0.2) is 0 Å². The number of ether oxygens (including phenoxy) is 1. The standard InChI is InChI=1S/C27H43N3O5/c1-5-8-10-17-29(16-7-3)26(34)23-27-14-13-20(35-27)21(24(32)28(4)15-6-2)22(27)25(33)30(23)18-11-9-12-19-31/h6-7,20-23,31H,2-3,5,8-19H2,1,4H3/t20-,21+,22-,23?,27?/m0/s1. The lowest BCUT2D eigenvalue weighted by molar-refractivity contribution is -0.148. The van der Waals surface area contributed by atoms with Crippen LogP contribution < -0.4 is 0 Å². The normalized spacial score (nSPS) is 28.8. The number of unbranched alkanes of at least 4 members (excludes halogenated alkanes) is 4. The minimum atomic E-state index is -0.963. The number of hydrogen-bond acceptors (Lipinski definition) is 5. The first-order valence-corrected chi connectivity index (χ1v) is 13.2. The second-order valence-electron chi connectivity index (χ2n) is 10.2. The highest BCUT2D eigenvalue weighted by Crippen LogP contribution is 2.58. The molecule has 8 nitrogen and oxygen atoms in total. The maximum absolute atomic E-state index is 14.1. The fourth-order valence-corrected chi connectivity index (χ4v) is 6.24. The summed E-state index contributed by atoms with van der Waals surface area (Å²) < 4.78 is 6.51. The van der Waals surface area contributed by atoms with Crippen LogP contribution in [0.1, 0.15) is 58.3 Å². The molecule has 5 atom stereocenters. The van der Waals surface area contributed by atoms with Crippen LogP contribution in [0.2, 0.25) is 0 Å². The van der Waals surface area contributed by atoms with Crippen molar-refractivity contribution in [3.8, 4) is 0 Å². The van der Waals surface area contributed by atoms with Crippen molar-refractivity contribution in [3.05, 3.63) is 25.3 Å². The van der Waals surface area contributed by atoms with Gasteiger partial charge in [0.1, 0.15) is 11.6 Å². The monoisotopic (exact) mass is 489 g/mol. The third-order valence-electron chi connectivity index (χ3n) is 7.85. The molecule has 196 valence electrons. The molecule has 3 aliphatic heterocycles. The van der Waals surface area contributed by atoms with Gasteiger partial charge in [0.25, 0.3) is 0 Å². The molecule has 0 aromatic rings. The second kappa shape index (κ2) is 12.2. The van der Waals surface area contributed by atoms with E-state index in [-0.39, 0.29) is 30.4 Å². The summed E-state index contributed by atoms with van der Waals surface area (Å²) in [5.41, 5.74) is -0.963. The largest absolute Gasteiger partial charge is 0.396 e. The van der Waals surface area contributed by atoms with Crippen LogP contribution in [0.4, 0.5) is 0 Å². The van der Waals surface area contributed by atoms with E-state index < -0.39 is 23.5 Å². The van der Waals surface area contributed by atoms with Crippen LogP contribution in [0.15, 0.2) is 25.3 Å². The number of fused-ring (bicyclic) bond motifs is 1. The molecule has 0 aromatic carbocycles. The van der Waals surface area contributed by atoms with Gasteiger partial charge in [0.05, 0.1) is 17.9 Å². The SMILES string of the molecule is C=CCN(C)C(=O)[C@@H]1[C@@H]2CCC3(O2)C(C(=O)N(CC=C)CCCCC)N(CCCCCO)C(=O)[C@H]13. The predicted molar refractivity (Wildman–Crippen MR) is 134 cm³/mol. The van der Waals surface area contributed by atoms with Crippen molar-refractivity contribution < 1.29 is 24.2 Å². The fraction of sp³-hybridized carbons (Fsp3) is 0.741. The van der Waals surface area contributed by atoms with Crippen molar-refractivity contribution in [3.63, 3.8) is 0 Å². The van der Waals surface area contributed by atoms with Crippen molar-refractivity contribution in [2.75, 3.05) is 39.8 Å². The van der Waals surface area contributed by atoms with E-state index in [0.717, 1.165) is 25.7 Å². The van der Waals surface area contributed by atoms with Crippen molar-refractivity contribution in [1.29, 1.82) is 0 Å². The summed E-state index contributed by atoms with van der Waals surface area (Å²) in [6.45, 7) is 11.6. The molecule has 0 radical (unpaired) electrons. The van der Waals surface area contributed by atoms with E-state index in [1.807, 2.05) is 0 Å². The molecule has 3 rings (SSSR count). The van der Waals surface area contributed by atoms with E-state index in [9.17, 15) is 19.5 Å². The first-order chi connectivity index (χ1) is 16.9. The van der Waals surface area contributed by atoms with Gasteiger partial charge in [0.15, 0.2) is 0 Å². The highest BCUT2D eigenvalue weighted by molar-refractivity contribution is 5.99. The summed E-state index contributed by atoms with van der Waals surface area (Å²) in [6.07, 6.45) is 9.39. The summed E-state index contributed by atoms with van der Waals surface area (Å²) in [5.74, 6) is -1.59. The van der Waals surface area contributed by atoms with E-state index >= 15 is 0 Å². The van der Waals surface area contributed by atoms with Crippen molar-refractivity contribution >= 4 is 17.7 Å². The molecular weight excluding hydrogens is 446 g/mol. The van der Waals surface area contributed by atoms with Gasteiger partial charge in [0.2, 0.25) is 17.7 Å². The number of likely N-dealkylation sites (tertiary alicyclic amines) is 1. The Hall–Kier alpha value is -2.19. The third kappa shape index (κ3) is 5.19. The summed E-state index contributed by atoms with van der Waals surface area (Å²) >= 11 is 0. The van der Waals surface area contributed by atoms with Gasteiger partial charge in [-0.05, 0) is 38.5 Å². The second-order valence-corrected chi connectivity index (χ2v) is 10.2. The number of likely N-dealkylation sites (N-methyl/N-ethyl adjacent to an activating group) is 1. The average Bonchev–Trinajstić information content (AvgIpc) is 3.48. The Labute approximate surface area is 210 Å². The quantitative estimate of drug-likeness (QED) is 0.282. The van der Waals surface area contributed by atoms with Gasteiger partial charge >= 0.3 is 0 Å². The van der Waals surface area contributed by atoms with Gasteiger partial charge in [-0.1, -0.05) is 31.9 Å². The Morgan fingerprint density at radius 2 is 1.89 bits per heavy atom. The molecule has 0 aliphatic carbocycles. The fourth-order valence-electron chi connectivity index (χ4n) is 6.24. The molecule has 0 aromatic heterocycles. The molecule has 3 aliphatic rings. The van der Waals surface area contributed by atoms with Gasteiger partial charge < -0.3 is 24.5 Å². The van der Waals surface area contributed by atoms with Crippen LogP contribution in [0.3, 0.4) is 0 Å². The summed E-state index contributed by atoms with van der Waals surface area (Å²) in [4.78, 5) is 46.4. The van der Waals surface area contributed by atoms with Crippen molar-refractivity contribution in [2.24, 2.45) is 11.8 Å². The molecule has 8 heteroatoms. The van der Waals surface area contributed by atoms with E-state index in [4.69, 9.17) is 4.74 Å². The van der Waals surface area contributed by atoms with Gasteiger partial charge in [0, 0.05) is 39.8 Å². The van der Waals surface area contributed by atoms with Crippen LogP contribution >= 0.6 is 0 Å². The molecule has 2 bridgehead atoms. The minimum Gasteiger partial charge on any atom is -0.396 e. The zero-order valence-electron chi connectivity index (χ0n) is 21.5. The lowest BCUT2D eigenvalue weighted by Gasteiger charge is -2.37. The maximum Gasteiger partial charge on any atom is 0.248 e. The number of carbonyl (C=O) groups excluding carboxylic acids is 3. The highest BCUT2D eigenvalue weighted by atomic mass is 16.5. The third-order valence-corrected chi connectivity index (χ3v) is 7.85. The Balaban J connectivity index is 1.94. The number of hydrogen-bond donors (Lipinski definition) is 1. The molecule has 1 N–H and O–H groups in total. The van der Waals surface area contributed by atoms with Crippen LogP contribution in [0.25, 0.3) is 0 Å². The van der Waals surface area contributed by atoms with Crippen molar-refractivity contribution in [1.82, 2.24) is 14.7 Å². The summed E-state index contributed by atoms with van der Waals surface area (Å²) in [6, 6.07) is -0.733. The molecule has 3 saturated heterocycles. The van der Waals surface area contributed by atoms with Gasteiger partial charge in [-0.3, -0.25) is 14.4 Å². The van der Waals surface area contributed by atoms with Crippen molar-refractivity contribution in [2.45, 2.75) is 76.0 Å². The van der Waals surface area contributed by atoms with Gasteiger partial charge in [-0.2, -0.15) is 0 Å². The van der Waals surface area contributed by atoms with E-state index in [2.05, 4.69) is 20.1 Å². The molecule has 3 amide bonds. The topological polar surface area (TPSA) is 90.4 Å². The summed E-state index contributed by atoms with van der Waals surface area (Å²) in [5, 5.41) is 9.17. The molecule has 2 unspecified atom stereocenters.